The summed E-state index contributed by atoms with van der Waals surface area (Å²) in [6.45, 7) is 10.9. The average Bonchev–Trinajstić information content (AvgIpc) is 2.96. The molecule has 0 radical (unpaired) electrons. The van der Waals surface area contributed by atoms with Crippen molar-refractivity contribution in [2.24, 2.45) is 11.8 Å². The molecule has 4 rings (SSSR count). The summed E-state index contributed by atoms with van der Waals surface area (Å²) in [5.41, 5.74) is 2.83. The number of rotatable bonds is 6. The van der Waals surface area contributed by atoms with Crippen LogP contribution in [0.4, 0.5) is 4.39 Å². The summed E-state index contributed by atoms with van der Waals surface area (Å²) >= 11 is 0. The fourth-order valence-electron chi connectivity index (χ4n) is 4.80. The van der Waals surface area contributed by atoms with E-state index in [4.69, 9.17) is 4.74 Å². The molecule has 0 spiro atoms. The zero-order chi connectivity index (χ0) is 19.7. The van der Waals surface area contributed by atoms with E-state index < -0.39 is 0 Å². The quantitative estimate of drug-likeness (QED) is 0.602. The minimum absolute atomic E-state index is 0.138. The predicted molar refractivity (Wildman–Crippen MR) is 112 cm³/mol. The highest BCUT2D eigenvalue weighted by atomic mass is 19.1. The molecule has 2 aliphatic rings. The van der Waals surface area contributed by atoms with Crippen LogP contribution in [-0.4, -0.2) is 31.1 Å². The maximum atomic E-state index is 13.1. The molecule has 0 N–H and O–H groups in total. The molecule has 0 bridgehead atoms. The molecule has 2 aromatic rings. The van der Waals surface area contributed by atoms with E-state index in [1.165, 1.54) is 30.6 Å². The van der Waals surface area contributed by atoms with E-state index in [2.05, 4.69) is 49.9 Å². The van der Waals surface area contributed by atoms with Crippen LogP contribution >= 0.6 is 0 Å². The molecule has 0 aromatic heterocycles. The Labute approximate surface area is 168 Å². The highest BCUT2D eigenvalue weighted by Crippen LogP contribution is 2.51. The monoisotopic (exact) mass is 381 g/mol. The van der Waals surface area contributed by atoms with Gasteiger partial charge in [-0.15, -0.1) is 0 Å². The van der Waals surface area contributed by atoms with Gasteiger partial charge in [0.2, 0.25) is 0 Å². The summed E-state index contributed by atoms with van der Waals surface area (Å²) in [5.74, 6) is 3.01. The van der Waals surface area contributed by atoms with Crippen LogP contribution in [0.15, 0.2) is 48.5 Å². The molecular formula is C25H32FNO. The molecule has 28 heavy (non-hydrogen) atoms. The van der Waals surface area contributed by atoms with Gasteiger partial charge in [-0.2, -0.15) is 0 Å². The summed E-state index contributed by atoms with van der Waals surface area (Å²) in [4.78, 5) is 2.59. The fraction of sp³-hybridized carbons (Fsp3) is 0.520. The minimum Gasteiger partial charge on any atom is -0.494 e. The first-order chi connectivity index (χ1) is 13.4. The van der Waals surface area contributed by atoms with Crippen molar-refractivity contribution < 1.29 is 9.13 Å². The summed E-state index contributed by atoms with van der Waals surface area (Å²) < 4.78 is 19.1. The number of hydrogen-bond acceptors (Lipinski definition) is 2. The van der Waals surface area contributed by atoms with E-state index in [0.717, 1.165) is 37.2 Å². The molecule has 1 saturated heterocycles. The smallest absolute Gasteiger partial charge is 0.123 e. The lowest BCUT2D eigenvalue weighted by molar-refractivity contribution is 0.191. The van der Waals surface area contributed by atoms with Crippen molar-refractivity contribution in [1.82, 2.24) is 4.90 Å². The highest BCUT2D eigenvalue weighted by molar-refractivity contribution is 5.31. The normalized spacial score (nSPS) is 24.6. The lowest BCUT2D eigenvalue weighted by Crippen LogP contribution is -2.33. The van der Waals surface area contributed by atoms with E-state index in [9.17, 15) is 4.39 Å². The second-order valence-corrected chi connectivity index (χ2v) is 9.55. The first kappa shape index (κ1) is 19.4. The average molecular weight is 382 g/mol. The van der Waals surface area contributed by atoms with Crippen LogP contribution in [0.25, 0.3) is 0 Å². The zero-order valence-corrected chi connectivity index (χ0v) is 17.3. The van der Waals surface area contributed by atoms with Gasteiger partial charge in [-0.3, -0.25) is 0 Å². The Bertz CT molecular complexity index is 778. The Balaban J connectivity index is 1.19. The van der Waals surface area contributed by atoms with Crippen LogP contribution in [-0.2, 0) is 5.41 Å². The molecule has 3 atom stereocenters. The number of hydrogen-bond donors (Lipinski definition) is 0. The Morgan fingerprint density at radius 3 is 2.39 bits per heavy atom. The van der Waals surface area contributed by atoms with Crippen molar-refractivity contribution in [2.45, 2.75) is 44.9 Å². The van der Waals surface area contributed by atoms with Gasteiger partial charge in [0.1, 0.15) is 11.6 Å². The molecule has 2 aromatic carbocycles. The second-order valence-electron chi connectivity index (χ2n) is 9.55. The van der Waals surface area contributed by atoms with Gasteiger partial charge in [-0.1, -0.05) is 45.0 Å². The van der Waals surface area contributed by atoms with Gasteiger partial charge in [-0.05, 0) is 71.4 Å². The van der Waals surface area contributed by atoms with Crippen LogP contribution in [0, 0.1) is 17.7 Å². The largest absolute Gasteiger partial charge is 0.494 e. The van der Waals surface area contributed by atoms with E-state index >= 15 is 0 Å². The first-order valence-corrected chi connectivity index (χ1v) is 10.6. The number of halogens is 1. The summed E-state index contributed by atoms with van der Waals surface area (Å²) in [6, 6.07) is 15.6. The molecule has 1 saturated carbocycles. The summed E-state index contributed by atoms with van der Waals surface area (Å²) in [5, 5.41) is 0. The van der Waals surface area contributed by atoms with E-state index in [-0.39, 0.29) is 11.2 Å². The van der Waals surface area contributed by atoms with Crippen molar-refractivity contribution in [3.63, 3.8) is 0 Å². The van der Waals surface area contributed by atoms with E-state index in [1.54, 1.807) is 12.1 Å². The number of nitrogens with zero attached hydrogens (tertiary/aromatic N) is 1. The van der Waals surface area contributed by atoms with Crippen molar-refractivity contribution in [3.8, 4) is 5.75 Å². The van der Waals surface area contributed by atoms with Crippen LogP contribution < -0.4 is 4.74 Å². The fourth-order valence-corrected chi connectivity index (χ4v) is 4.80. The van der Waals surface area contributed by atoms with Crippen LogP contribution in [0.5, 0.6) is 5.75 Å². The Hall–Kier alpha value is -1.87. The zero-order valence-electron chi connectivity index (χ0n) is 17.3. The summed E-state index contributed by atoms with van der Waals surface area (Å²) in [7, 11) is 0. The summed E-state index contributed by atoms with van der Waals surface area (Å²) in [6.07, 6.45) is 2.31. The standard InChI is InChI=1S/C25H32FNO/c1-25(2,3)20-7-11-22(12-8-20)28-14-4-13-27-16-19-15-23(24(19)17-27)18-5-9-21(26)10-6-18/h5-12,19,23-24H,4,13-17H2,1-3H3. The van der Waals surface area contributed by atoms with Crippen molar-refractivity contribution in [3.05, 3.63) is 65.5 Å². The third-order valence-electron chi connectivity index (χ3n) is 6.55. The SMILES string of the molecule is CC(C)(C)c1ccc(OCCCN2CC3CC(c4ccc(F)cc4)C3C2)cc1. The Morgan fingerprint density at radius 2 is 1.71 bits per heavy atom. The molecule has 0 amide bonds. The molecule has 2 nitrogen and oxygen atoms in total. The first-order valence-electron chi connectivity index (χ1n) is 10.6. The number of likely N-dealkylation sites (tertiary alicyclic amines) is 1. The van der Waals surface area contributed by atoms with Crippen LogP contribution in [0.1, 0.15) is 50.7 Å². The van der Waals surface area contributed by atoms with Gasteiger partial charge in [0.25, 0.3) is 0 Å². The molecule has 1 aliphatic carbocycles. The molecule has 3 heteroatoms. The van der Waals surface area contributed by atoms with E-state index in [1.807, 2.05) is 12.1 Å². The number of ether oxygens (including phenoxy) is 1. The Kier molecular flexibility index (Phi) is 5.46. The van der Waals surface area contributed by atoms with Crippen molar-refractivity contribution in [2.75, 3.05) is 26.2 Å². The second kappa shape index (κ2) is 7.87. The van der Waals surface area contributed by atoms with E-state index in [0.29, 0.717) is 5.92 Å². The molecule has 150 valence electrons. The van der Waals surface area contributed by atoms with Gasteiger partial charge in [0, 0.05) is 19.6 Å². The van der Waals surface area contributed by atoms with Gasteiger partial charge in [0.05, 0.1) is 6.61 Å². The Morgan fingerprint density at radius 1 is 1.00 bits per heavy atom. The third-order valence-corrected chi connectivity index (χ3v) is 6.55. The topological polar surface area (TPSA) is 12.5 Å². The highest BCUT2D eigenvalue weighted by Gasteiger charge is 2.47. The van der Waals surface area contributed by atoms with Crippen LogP contribution in [0.3, 0.4) is 0 Å². The molecule has 1 heterocycles. The number of fused-ring (bicyclic) bond motifs is 1. The lowest BCUT2D eigenvalue weighted by atomic mass is 9.64. The number of benzene rings is 2. The van der Waals surface area contributed by atoms with Gasteiger partial charge < -0.3 is 9.64 Å². The van der Waals surface area contributed by atoms with Crippen molar-refractivity contribution >= 4 is 0 Å². The maximum Gasteiger partial charge on any atom is 0.123 e. The molecule has 2 fully saturated rings. The lowest BCUT2D eigenvalue weighted by Gasteiger charge is -2.40. The minimum atomic E-state index is -0.138. The van der Waals surface area contributed by atoms with Crippen molar-refractivity contribution in [1.29, 1.82) is 0 Å². The predicted octanol–water partition coefficient (Wildman–Crippen LogP) is 5.63. The molecular weight excluding hydrogens is 349 g/mol. The third kappa shape index (κ3) is 4.25. The molecule has 3 unspecified atom stereocenters. The van der Waals surface area contributed by atoms with Gasteiger partial charge in [-0.25, -0.2) is 4.39 Å². The maximum absolute atomic E-state index is 13.1. The van der Waals surface area contributed by atoms with Crippen LogP contribution in [0.2, 0.25) is 0 Å². The molecule has 1 aliphatic heterocycles. The van der Waals surface area contributed by atoms with Gasteiger partial charge >= 0.3 is 0 Å². The van der Waals surface area contributed by atoms with Gasteiger partial charge in [0.15, 0.2) is 0 Å².